The molecule has 1 aliphatic heterocycles. The number of aryl methyl sites for hydroxylation is 1. The summed E-state index contributed by atoms with van der Waals surface area (Å²) in [7, 11) is -3.52. The lowest BCUT2D eigenvalue weighted by Gasteiger charge is -2.34. The number of fused-ring (bicyclic) bond motifs is 1. The van der Waals surface area contributed by atoms with Crippen molar-refractivity contribution in [3.8, 4) is 5.75 Å². The Bertz CT molecular complexity index is 946. The molecule has 0 aliphatic carbocycles. The van der Waals surface area contributed by atoms with Gasteiger partial charge in [-0.3, -0.25) is 9.10 Å². The highest BCUT2D eigenvalue weighted by molar-refractivity contribution is 9.10. The number of para-hydroxylation sites is 2. The van der Waals surface area contributed by atoms with E-state index in [0.717, 1.165) is 10.0 Å². The van der Waals surface area contributed by atoms with Crippen LogP contribution in [0.5, 0.6) is 5.75 Å². The maximum Gasteiger partial charge on any atom is 0.267 e. The van der Waals surface area contributed by atoms with Gasteiger partial charge in [0, 0.05) is 10.2 Å². The minimum absolute atomic E-state index is 0.0540. The SMILES string of the molecule is CCS(=O)(=O)N1C[C@H](C(=O)Nc2ccc(Br)c(C)c2)Oc2ccccc21. The van der Waals surface area contributed by atoms with Crippen LogP contribution in [0.2, 0.25) is 0 Å². The lowest BCUT2D eigenvalue weighted by molar-refractivity contribution is -0.122. The summed E-state index contributed by atoms with van der Waals surface area (Å²) >= 11 is 3.42. The molecule has 1 heterocycles. The molecule has 2 aromatic carbocycles. The molecule has 1 amide bonds. The van der Waals surface area contributed by atoms with Gasteiger partial charge in [-0.05, 0) is 49.7 Å². The Balaban J connectivity index is 1.87. The van der Waals surface area contributed by atoms with Crippen molar-refractivity contribution in [1.29, 1.82) is 0 Å². The molecule has 0 bridgehead atoms. The maximum atomic E-state index is 12.7. The molecule has 138 valence electrons. The third-order valence-corrected chi connectivity index (χ3v) is 6.79. The zero-order valence-corrected chi connectivity index (χ0v) is 16.8. The van der Waals surface area contributed by atoms with Crippen molar-refractivity contribution in [2.24, 2.45) is 0 Å². The van der Waals surface area contributed by atoms with E-state index in [1.807, 2.05) is 19.1 Å². The lowest BCUT2D eigenvalue weighted by Crippen LogP contribution is -2.49. The third kappa shape index (κ3) is 3.71. The molecular weight excluding hydrogens is 420 g/mol. The summed E-state index contributed by atoms with van der Waals surface area (Å²) in [6, 6.07) is 12.3. The van der Waals surface area contributed by atoms with E-state index in [4.69, 9.17) is 4.74 Å². The number of carbonyl (C=O) groups is 1. The van der Waals surface area contributed by atoms with Crippen molar-refractivity contribution in [2.45, 2.75) is 20.0 Å². The van der Waals surface area contributed by atoms with E-state index >= 15 is 0 Å². The van der Waals surface area contributed by atoms with Crippen molar-refractivity contribution in [3.05, 3.63) is 52.5 Å². The number of halogens is 1. The molecule has 0 fully saturated rings. The number of sulfonamides is 1. The van der Waals surface area contributed by atoms with Crippen LogP contribution < -0.4 is 14.4 Å². The predicted molar refractivity (Wildman–Crippen MR) is 105 cm³/mol. The molecule has 0 aromatic heterocycles. The molecule has 0 unspecified atom stereocenters. The average Bonchev–Trinajstić information content (AvgIpc) is 2.63. The molecular formula is C18H19BrN2O4S. The van der Waals surface area contributed by atoms with Gasteiger partial charge < -0.3 is 10.1 Å². The molecule has 3 rings (SSSR count). The minimum Gasteiger partial charge on any atom is -0.476 e. The molecule has 0 saturated heterocycles. The fourth-order valence-electron chi connectivity index (χ4n) is 2.70. The number of hydrogen-bond donors (Lipinski definition) is 1. The fourth-order valence-corrected chi connectivity index (χ4v) is 4.07. The van der Waals surface area contributed by atoms with Gasteiger partial charge in [-0.15, -0.1) is 0 Å². The summed E-state index contributed by atoms with van der Waals surface area (Å²) in [4.78, 5) is 12.7. The van der Waals surface area contributed by atoms with Gasteiger partial charge in [0.05, 0.1) is 18.0 Å². The van der Waals surface area contributed by atoms with Gasteiger partial charge in [0.1, 0.15) is 5.75 Å². The van der Waals surface area contributed by atoms with E-state index in [-0.39, 0.29) is 12.3 Å². The van der Waals surface area contributed by atoms with E-state index in [0.29, 0.717) is 17.1 Å². The minimum atomic E-state index is -3.52. The normalized spacial score (nSPS) is 16.6. The van der Waals surface area contributed by atoms with Gasteiger partial charge in [0.25, 0.3) is 5.91 Å². The zero-order valence-electron chi connectivity index (χ0n) is 14.4. The molecule has 8 heteroatoms. The molecule has 2 aromatic rings. The Morgan fingerprint density at radius 2 is 2.04 bits per heavy atom. The summed E-state index contributed by atoms with van der Waals surface area (Å²) < 4.78 is 32.9. The molecule has 0 saturated carbocycles. The monoisotopic (exact) mass is 438 g/mol. The van der Waals surface area contributed by atoms with Gasteiger partial charge in [0.15, 0.2) is 6.10 Å². The first kappa shape index (κ1) is 18.7. The highest BCUT2D eigenvalue weighted by Gasteiger charge is 2.35. The maximum absolute atomic E-state index is 12.7. The molecule has 26 heavy (non-hydrogen) atoms. The smallest absolute Gasteiger partial charge is 0.267 e. The second-order valence-corrected chi connectivity index (χ2v) is 9.00. The largest absolute Gasteiger partial charge is 0.476 e. The molecule has 6 nitrogen and oxygen atoms in total. The van der Waals surface area contributed by atoms with Crippen molar-refractivity contribution in [1.82, 2.24) is 0 Å². The lowest BCUT2D eigenvalue weighted by atomic mass is 10.2. The van der Waals surface area contributed by atoms with E-state index in [1.54, 1.807) is 37.3 Å². The van der Waals surface area contributed by atoms with Crippen molar-refractivity contribution < 1.29 is 17.9 Å². The quantitative estimate of drug-likeness (QED) is 0.793. The number of carbonyl (C=O) groups excluding carboxylic acids is 1. The van der Waals surface area contributed by atoms with Gasteiger partial charge in [0.2, 0.25) is 10.0 Å². The van der Waals surface area contributed by atoms with Crippen molar-refractivity contribution in [2.75, 3.05) is 21.9 Å². The Morgan fingerprint density at radius 3 is 2.73 bits per heavy atom. The van der Waals surface area contributed by atoms with Crippen LogP contribution in [0.1, 0.15) is 12.5 Å². The van der Waals surface area contributed by atoms with Crippen LogP contribution in [0.4, 0.5) is 11.4 Å². The highest BCUT2D eigenvalue weighted by Crippen LogP contribution is 2.35. The summed E-state index contributed by atoms with van der Waals surface area (Å²) in [6.45, 7) is 3.43. The predicted octanol–water partition coefficient (Wildman–Crippen LogP) is 3.31. The Hall–Kier alpha value is -2.06. The standard InChI is InChI=1S/C18H19BrN2O4S/c1-3-26(23,24)21-11-17(25-16-7-5-4-6-15(16)21)18(22)20-13-8-9-14(19)12(2)10-13/h4-10,17H,3,11H2,1-2H3,(H,20,22)/t17-/m1/s1. The van der Waals surface area contributed by atoms with Gasteiger partial charge in [-0.1, -0.05) is 28.1 Å². The second kappa shape index (κ2) is 7.28. The number of nitrogens with zero attached hydrogens (tertiary/aromatic N) is 1. The molecule has 1 N–H and O–H groups in total. The number of nitrogens with one attached hydrogen (secondary N) is 1. The topological polar surface area (TPSA) is 75.7 Å². The molecule has 1 aliphatic rings. The molecule has 1 atom stereocenters. The highest BCUT2D eigenvalue weighted by atomic mass is 79.9. The first-order chi connectivity index (χ1) is 12.3. The molecule has 0 radical (unpaired) electrons. The number of hydrogen-bond acceptors (Lipinski definition) is 4. The zero-order chi connectivity index (χ0) is 18.9. The first-order valence-electron chi connectivity index (χ1n) is 8.15. The number of amides is 1. The van der Waals surface area contributed by atoms with Crippen LogP contribution in [0, 0.1) is 6.92 Å². The summed E-state index contributed by atoms with van der Waals surface area (Å²) in [5.74, 6) is -0.0675. The van der Waals surface area contributed by atoms with Crippen LogP contribution in [0.25, 0.3) is 0 Å². The Kier molecular flexibility index (Phi) is 5.24. The Morgan fingerprint density at radius 1 is 1.31 bits per heavy atom. The number of ether oxygens (including phenoxy) is 1. The fraction of sp³-hybridized carbons (Fsp3) is 0.278. The van der Waals surface area contributed by atoms with E-state index in [9.17, 15) is 13.2 Å². The van der Waals surface area contributed by atoms with Crippen molar-refractivity contribution in [3.63, 3.8) is 0 Å². The van der Waals surface area contributed by atoms with Crippen LogP contribution >= 0.6 is 15.9 Å². The number of rotatable bonds is 4. The summed E-state index contributed by atoms with van der Waals surface area (Å²) in [5.41, 5.74) is 2.06. The van der Waals surface area contributed by atoms with Gasteiger partial charge in [-0.2, -0.15) is 0 Å². The summed E-state index contributed by atoms with van der Waals surface area (Å²) in [6.07, 6.45) is -0.935. The van der Waals surface area contributed by atoms with Gasteiger partial charge >= 0.3 is 0 Å². The van der Waals surface area contributed by atoms with Crippen LogP contribution in [0.3, 0.4) is 0 Å². The van der Waals surface area contributed by atoms with Crippen LogP contribution in [-0.2, 0) is 14.8 Å². The number of anilines is 2. The van der Waals surface area contributed by atoms with Crippen molar-refractivity contribution >= 4 is 43.2 Å². The van der Waals surface area contributed by atoms with Crippen LogP contribution in [-0.4, -0.2) is 32.7 Å². The number of benzene rings is 2. The Labute approximate surface area is 161 Å². The second-order valence-electron chi connectivity index (χ2n) is 5.96. The summed E-state index contributed by atoms with van der Waals surface area (Å²) in [5, 5.41) is 2.79. The van der Waals surface area contributed by atoms with E-state index in [1.165, 1.54) is 4.31 Å². The van der Waals surface area contributed by atoms with E-state index < -0.39 is 22.0 Å². The third-order valence-electron chi connectivity index (χ3n) is 4.15. The van der Waals surface area contributed by atoms with Crippen LogP contribution in [0.15, 0.2) is 46.9 Å². The first-order valence-corrected chi connectivity index (χ1v) is 10.5. The van der Waals surface area contributed by atoms with Gasteiger partial charge in [-0.25, -0.2) is 8.42 Å². The average molecular weight is 439 g/mol. The van der Waals surface area contributed by atoms with E-state index in [2.05, 4.69) is 21.2 Å². The molecule has 0 spiro atoms.